The lowest BCUT2D eigenvalue weighted by molar-refractivity contribution is 0.479. The minimum atomic E-state index is 0.226. The van der Waals surface area contributed by atoms with E-state index in [0.717, 1.165) is 30.9 Å². The van der Waals surface area contributed by atoms with Crippen LogP contribution in [0, 0.1) is 0 Å². The highest BCUT2D eigenvalue weighted by molar-refractivity contribution is 5.42. The van der Waals surface area contributed by atoms with Gasteiger partial charge in [0.1, 0.15) is 0 Å². The van der Waals surface area contributed by atoms with Crippen molar-refractivity contribution in [2.45, 2.75) is 45.3 Å². The van der Waals surface area contributed by atoms with Crippen LogP contribution in [0.1, 0.15) is 42.8 Å². The van der Waals surface area contributed by atoms with E-state index in [-0.39, 0.29) is 6.04 Å². The number of hydrogen-bond donors (Lipinski definition) is 1. The monoisotopic (exact) mass is 321 g/mol. The third kappa shape index (κ3) is 2.99. The highest BCUT2D eigenvalue weighted by Crippen LogP contribution is 2.22. The van der Waals surface area contributed by atoms with Gasteiger partial charge in [-0.15, -0.1) is 0 Å². The standard InChI is InChI=1S/C19H23N5/c1-15(18-8-2-3-9-19(18)24-12-6-10-21-24)20-14-16-13-17-7-4-5-11-23(17)22-16/h2-3,6,8-10,12-13,15,20H,4-5,7,11,14H2,1H3. The average molecular weight is 321 g/mol. The van der Waals surface area contributed by atoms with Gasteiger partial charge in [-0.25, -0.2) is 4.68 Å². The highest BCUT2D eigenvalue weighted by Gasteiger charge is 2.14. The van der Waals surface area contributed by atoms with Gasteiger partial charge in [0, 0.05) is 37.2 Å². The van der Waals surface area contributed by atoms with Crippen molar-refractivity contribution in [1.29, 1.82) is 0 Å². The molecule has 2 aromatic heterocycles. The summed E-state index contributed by atoms with van der Waals surface area (Å²) < 4.78 is 4.09. The van der Waals surface area contributed by atoms with Crippen molar-refractivity contribution in [1.82, 2.24) is 24.9 Å². The van der Waals surface area contributed by atoms with Gasteiger partial charge >= 0.3 is 0 Å². The van der Waals surface area contributed by atoms with Gasteiger partial charge in [-0.05, 0) is 49.9 Å². The van der Waals surface area contributed by atoms with Crippen LogP contribution in [0.5, 0.6) is 0 Å². The predicted molar refractivity (Wildman–Crippen MR) is 94.0 cm³/mol. The fourth-order valence-electron chi connectivity index (χ4n) is 3.41. The lowest BCUT2D eigenvalue weighted by Crippen LogP contribution is -2.20. The number of nitrogens with zero attached hydrogens (tertiary/aromatic N) is 4. The number of hydrogen-bond acceptors (Lipinski definition) is 3. The molecule has 5 heteroatoms. The predicted octanol–water partition coefficient (Wildman–Crippen LogP) is 3.26. The van der Waals surface area contributed by atoms with Gasteiger partial charge in [-0.2, -0.15) is 10.2 Å². The first-order valence-electron chi connectivity index (χ1n) is 8.69. The van der Waals surface area contributed by atoms with E-state index in [1.165, 1.54) is 24.1 Å². The summed E-state index contributed by atoms with van der Waals surface area (Å²) in [7, 11) is 0. The van der Waals surface area contributed by atoms with Crippen LogP contribution in [0.3, 0.4) is 0 Å². The van der Waals surface area contributed by atoms with E-state index < -0.39 is 0 Å². The molecule has 0 aliphatic carbocycles. The molecule has 3 heterocycles. The van der Waals surface area contributed by atoms with Gasteiger partial charge in [0.2, 0.25) is 0 Å². The van der Waals surface area contributed by atoms with E-state index in [4.69, 9.17) is 5.10 Å². The van der Waals surface area contributed by atoms with Crippen LogP contribution in [-0.2, 0) is 19.5 Å². The smallest absolute Gasteiger partial charge is 0.0765 e. The second kappa shape index (κ2) is 6.61. The topological polar surface area (TPSA) is 47.7 Å². The SMILES string of the molecule is CC(NCc1cc2n(n1)CCCC2)c1ccccc1-n1cccn1. The van der Waals surface area contributed by atoms with Crippen LogP contribution >= 0.6 is 0 Å². The van der Waals surface area contributed by atoms with Gasteiger partial charge < -0.3 is 5.32 Å². The van der Waals surface area contributed by atoms with E-state index in [9.17, 15) is 0 Å². The molecule has 0 amide bonds. The quantitative estimate of drug-likeness (QED) is 0.785. The van der Waals surface area contributed by atoms with Crippen LogP contribution in [0.15, 0.2) is 48.8 Å². The second-order valence-corrected chi connectivity index (χ2v) is 6.42. The number of para-hydroxylation sites is 1. The fourth-order valence-corrected chi connectivity index (χ4v) is 3.41. The molecule has 1 atom stereocenters. The first-order chi connectivity index (χ1) is 11.8. The van der Waals surface area contributed by atoms with E-state index in [0.29, 0.717) is 0 Å². The molecule has 1 unspecified atom stereocenters. The van der Waals surface area contributed by atoms with Crippen LogP contribution in [0.4, 0.5) is 0 Å². The molecule has 0 saturated heterocycles. The largest absolute Gasteiger partial charge is 0.304 e. The van der Waals surface area contributed by atoms with E-state index in [1.807, 2.05) is 23.1 Å². The Kier molecular flexibility index (Phi) is 4.17. The minimum Gasteiger partial charge on any atom is -0.304 e. The minimum absolute atomic E-state index is 0.226. The van der Waals surface area contributed by atoms with Crippen LogP contribution in [0.25, 0.3) is 5.69 Å². The Morgan fingerprint density at radius 2 is 2.12 bits per heavy atom. The molecular formula is C19H23N5. The third-order valence-corrected chi connectivity index (χ3v) is 4.71. The number of nitrogens with one attached hydrogen (secondary N) is 1. The Labute approximate surface area is 142 Å². The molecule has 1 aliphatic rings. The maximum Gasteiger partial charge on any atom is 0.0765 e. The number of fused-ring (bicyclic) bond motifs is 1. The lowest BCUT2D eigenvalue weighted by atomic mass is 10.1. The van der Waals surface area contributed by atoms with Gasteiger partial charge in [-0.1, -0.05) is 18.2 Å². The van der Waals surface area contributed by atoms with E-state index >= 15 is 0 Å². The first-order valence-corrected chi connectivity index (χ1v) is 8.69. The summed E-state index contributed by atoms with van der Waals surface area (Å²) in [6, 6.07) is 12.8. The van der Waals surface area contributed by atoms with Gasteiger partial charge in [0.05, 0.1) is 11.4 Å². The summed E-state index contributed by atoms with van der Waals surface area (Å²) in [6.45, 7) is 4.04. The molecule has 0 spiro atoms. The average Bonchev–Trinajstić information content (AvgIpc) is 3.28. The molecule has 4 rings (SSSR count). The third-order valence-electron chi connectivity index (χ3n) is 4.71. The van der Waals surface area contributed by atoms with Gasteiger partial charge in [0.15, 0.2) is 0 Å². The molecule has 0 radical (unpaired) electrons. The summed E-state index contributed by atoms with van der Waals surface area (Å²) in [4.78, 5) is 0. The second-order valence-electron chi connectivity index (χ2n) is 6.42. The summed E-state index contributed by atoms with van der Waals surface area (Å²) in [5.41, 5.74) is 4.87. The maximum absolute atomic E-state index is 4.73. The summed E-state index contributed by atoms with van der Waals surface area (Å²) >= 11 is 0. The molecule has 0 fully saturated rings. The Balaban J connectivity index is 1.49. The molecule has 1 aromatic carbocycles. The van der Waals surface area contributed by atoms with Crippen molar-refractivity contribution in [2.24, 2.45) is 0 Å². The summed E-state index contributed by atoms with van der Waals surface area (Å²) in [5, 5.41) is 12.7. The van der Waals surface area contributed by atoms with Crippen molar-refractivity contribution < 1.29 is 0 Å². The molecule has 5 nitrogen and oxygen atoms in total. The van der Waals surface area contributed by atoms with E-state index in [1.54, 1.807) is 0 Å². The zero-order chi connectivity index (χ0) is 16.4. The Morgan fingerprint density at radius 3 is 2.96 bits per heavy atom. The van der Waals surface area contributed by atoms with Crippen molar-refractivity contribution in [3.63, 3.8) is 0 Å². The molecule has 1 N–H and O–H groups in total. The van der Waals surface area contributed by atoms with Gasteiger partial charge in [0.25, 0.3) is 0 Å². The Bertz CT molecular complexity index is 780. The lowest BCUT2D eigenvalue weighted by Gasteiger charge is -2.17. The van der Waals surface area contributed by atoms with Crippen LogP contribution < -0.4 is 5.32 Å². The normalized spacial score (nSPS) is 15.2. The van der Waals surface area contributed by atoms with Crippen molar-refractivity contribution in [2.75, 3.05) is 0 Å². The molecule has 24 heavy (non-hydrogen) atoms. The molecular weight excluding hydrogens is 298 g/mol. The summed E-state index contributed by atoms with van der Waals surface area (Å²) in [5.74, 6) is 0. The van der Waals surface area contributed by atoms with Crippen molar-refractivity contribution in [3.8, 4) is 5.69 Å². The number of rotatable bonds is 5. The molecule has 124 valence electrons. The maximum atomic E-state index is 4.73. The Hall–Kier alpha value is -2.40. The van der Waals surface area contributed by atoms with E-state index in [2.05, 4.69) is 52.4 Å². The van der Waals surface area contributed by atoms with Crippen LogP contribution in [0.2, 0.25) is 0 Å². The molecule has 0 saturated carbocycles. The number of benzene rings is 1. The zero-order valence-electron chi connectivity index (χ0n) is 14.0. The fraction of sp³-hybridized carbons (Fsp3) is 0.368. The summed E-state index contributed by atoms with van der Waals surface area (Å²) in [6.07, 6.45) is 7.48. The van der Waals surface area contributed by atoms with Gasteiger partial charge in [-0.3, -0.25) is 4.68 Å². The molecule has 1 aliphatic heterocycles. The molecule has 3 aromatic rings. The zero-order valence-corrected chi connectivity index (χ0v) is 14.0. The Morgan fingerprint density at radius 1 is 1.21 bits per heavy atom. The number of aryl methyl sites for hydroxylation is 2. The number of aromatic nitrogens is 4. The highest BCUT2D eigenvalue weighted by atomic mass is 15.3. The van der Waals surface area contributed by atoms with Crippen molar-refractivity contribution in [3.05, 3.63) is 65.7 Å². The molecule has 0 bridgehead atoms. The van der Waals surface area contributed by atoms with Crippen LogP contribution in [-0.4, -0.2) is 19.6 Å². The van der Waals surface area contributed by atoms with Crippen molar-refractivity contribution >= 4 is 0 Å². The first kappa shape index (κ1) is 15.1.